The number of rotatable bonds is 11. The van der Waals surface area contributed by atoms with Crippen molar-refractivity contribution in [2.24, 2.45) is 10.9 Å². The van der Waals surface area contributed by atoms with E-state index < -0.39 is 28.7 Å². The van der Waals surface area contributed by atoms with Gasteiger partial charge in [-0.1, -0.05) is 23.4 Å². The number of hydrogen-bond acceptors (Lipinski definition) is 14. The predicted molar refractivity (Wildman–Crippen MR) is 150 cm³/mol. The van der Waals surface area contributed by atoms with Gasteiger partial charge in [-0.15, -0.1) is 28.2 Å². The summed E-state index contributed by atoms with van der Waals surface area (Å²) in [6, 6.07) is 0. The highest BCUT2D eigenvalue weighted by Gasteiger charge is 2.65. The van der Waals surface area contributed by atoms with Crippen LogP contribution in [0.5, 0.6) is 0 Å². The summed E-state index contributed by atoms with van der Waals surface area (Å²) >= 11 is 7.55. The number of nitrogens with zero attached hydrogens (tertiary/aromatic N) is 7. The molecule has 15 nitrogen and oxygen atoms in total. The van der Waals surface area contributed by atoms with Gasteiger partial charge in [-0.25, -0.2) is 14.5 Å². The molecule has 3 atom stereocenters. The highest BCUT2D eigenvalue weighted by molar-refractivity contribution is 8.00. The number of thioether (sulfide) groups is 1. The van der Waals surface area contributed by atoms with E-state index in [1.54, 1.807) is 5.38 Å². The van der Waals surface area contributed by atoms with Crippen LogP contribution in [0.3, 0.4) is 0 Å². The number of hydrogen-bond donors (Lipinski definition) is 4. The number of carboxylic acids is 1. The van der Waals surface area contributed by atoms with Crippen molar-refractivity contribution in [2.75, 3.05) is 18.0 Å². The molecule has 0 bridgehead atoms. The van der Waals surface area contributed by atoms with Gasteiger partial charge in [0.15, 0.2) is 22.2 Å². The van der Waals surface area contributed by atoms with Crippen molar-refractivity contribution in [2.45, 2.75) is 42.8 Å². The lowest BCUT2D eigenvalue weighted by molar-refractivity contribution is -0.153. The smallest absolute Gasteiger partial charge is 0.353 e. The minimum absolute atomic E-state index is 0.139. The standard InChI is InChI=1S/C22H24N10O5S3/c23-6-3-7-31-16(27-29-30-31)12-8-39-20-22(10-38,19(36)32(20)15(12)18(34)35)26-17(33)14(13-9-40-21(24)25-13)28-37-11-4-1-2-5-11/h1,4,9-11,20H,2-3,5-8,23H2,(H2,24,25)(H,26,33)(H,34,35)/t11?,20-,22?/m0/s1. The first-order chi connectivity index (χ1) is 19.3. The zero-order chi connectivity index (χ0) is 28.4. The number of aryl methyl sites for hydroxylation is 1. The minimum atomic E-state index is -1.69. The lowest BCUT2D eigenvalue weighted by Gasteiger charge is -2.55. The molecule has 2 aliphatic heterocycles. The second kappa shape index (κ2) is 11.4. The molecule has 0 spiro atoms. The van der Waals surface area contributed by atoms with Crippen LogP contribution in [0.15, 0.2) is 28.4 Å². The van der Waals surface area contributed by atoms with Crippen LogP contribution in [0.25, 0.3) is 5.57 Å². The van der Waals surface area contributed by atoms with Crippen LogP contribution in [-0.2, 0) is 25.8 Å². The molecule has 3 aliphatic rings. The lowest BCUT2D eigenvalue weighted by Crippen LogP contribution is -2.80. The molecular weight excluding hydrogens is 581 g/mol. The summed E-state index contributed by atoms with van der Waals surface area (Å²) in [4.78, 5) is 50.3. The van der Waals surface area contributed by atoms with E-state index in [1.165, 1.54) is 16.4 Å². The lowest BCUT2D eigenvalue weighted by atomic mass is 9.87. The highest BCUT2D eigenvalue weighted by atomic mass is 32.2. The molecule has 1 fully saturated rings. The predicted octanol–water partition coefficient (Wildman–Crippen LogP) is -0.234. The molecule has 18 heteroatoms. The van der Waals surface area contributed by atoms with E-state index in [0.717, 1.165) is 28.0 Å². The molecule has 6 N–H and O–H groups in total. The maximum absolute atomic E-state index is 13.6. The van der Waals surface area contributed by atoms with Gasteiger partial charge in [0.1, 0.15) is 22.9 Å². The molecule has 2 amide bonds. The van der Waals surface area contributed by atoms with Gasteiger partial charge in [0.05, 0.1) is 0 Å². The molecule has 0 aromatic carbocycles. The van der Waals surface area contributed by atoms with Crippen molar-refractivity contribution < 1.29 is 24.3 Å². The number of tetrazole rings is 1. The fourth-order valence-electron chi connectivity index (χ4n) is 4.48. The van der Waals surface area contributed by atoms with Gasteiger partial charge in [0.2, 0.25) is 0 Å². The number of anilines is 1. The number of carboxylic acid groups (broad SMARTS) is 1. The van der Waals surface area contributed by atoms with Crippen LogP contribution in [0, 0.1) is 0 Å². The fraction of sp³-hybridized carbons (Fsp3) is 0.409. The van der Waals surface area contributed by atoms with E-state index in [-0.39, 0.29) is 45.5 Å². The van der Waals surface area contributed by atoms with Gasteiger partial charge in [-0.3, -0.25) is 14.5 Å². The van der Waals surface area contributed by atoms with E-state index in [0.29, 0.717) is 25.9 Å². The Morgan fingerprint density at radius 2 is 2.25 bits per heavy atom. The molecular formula is C22H24N10O5S3. The minimum Gasteiger partial charge on any atom is -0.477 e. The normalized spacial score (nSPS) is 24.1. The third-order valence-electron chi connectivity index (χ3n) is 6.42. The first kappa shape index (κ1) is 27.8. The molecule has 0 radical (unpaired) electrons. The average molecular weight is 605 g/mol. The summed E-state index contributed by atoms with van der Waals surface area (Å²) in [5.41, 5.74) is 9.63. The van der Waals surface area contributed by atoms with Crippen LogP contribution in [0.4, 0.5) is 5.13 Å². The van der Waals surface area contributed by atoms with Gasteiger partial charge in [0.25, 0.3) is 11.8 Å². The summed E-state index contributed by atoms with van der Waals surface area (Å²) in [6.45, 7) is 0.767. The van der Waals surface area contributed by atoms with E-state index in [9.17, 15) is 19.5 Å². The van der Waals surface area contributed by atoms with E-state index >= 15 is 0 Å². The Bertz CT molecular complexity index is 1450. The number of carbonyl (C=O) groups excluding carboxylic acids is 2. The van der Waals surface area contributed by atoms with Crippen molar-refractivity contribution in [3.63, 3.8) is 0 Å². The topological polar surface area (TPSA) is 217 Å². The maximum atomic E-state index is 13.6. The van der Waals surface area contributed by atoms with E-state index in [1.807, 2.05) is 12.2 Å². The number of thiazole rings is 1. The van der Waals surface area contributed by atoms with Gasteiger partial charge < -0.3 is 26.7 Å². The van der Waals surface area contributed by atoms with Crippen molar-refractivity contribution in [3.05, 3.63) is 34.7 Å². The third kappa shape index (κ3) is 4.87. The Kier molecular flexibility index (Phi) is 7.92. The maximum Gasteiger partial charge on any atom is 0.353 e. The van der Waals surface area contributed by atoms with Crippen molar-refractivity contribution in [3.8, 4) is 0 Å². The molecule has 2 unspecified atom stereocenters. The largest absolute Gasteiger partial charge is 0.477 e. The number of aliphatic carboxylic acids is 1. The molecule has 210 valence electrons. The molecule has 2 aromatic rings. The van der Waals surface area contributed by atoms with E-state index in [4.69, 9.17) is 28.5 Å². The van der Waals surface area contributed by atoms with Gasteiger partial charge in [-0.2, -0.15) is 0 Å². The molecule has 4 heterocycles. The zero-order valence-electron chi connectivity index (χ0n) is 20.8. The zero-order valence-corrected chi connectivity index (χ0v) is 23.2. The van der Waals surface area contributed by atoms with Crippen molar-refractivity contribution in [1.29, 1.82) is 0 Å². The first-order valence-electron chi connectivity index (χ1n) is 12.1. The van der Waals surface area contributed by atoms with Crippen LogP contribution in [-0.4, -0.2) is 93.4 Å². The number of amides is 2. The number of oxime groups is 1. The molecule has 40 heavy (non-hydrogen) atoms. The summed E-state index contributed by atoms with van der Waals surface area (Å²) in [7, 11) is 0. The highest BCUT2D eigenvalue weighted by Crippen LogP contribution is 2.47. The number of nitrogens with two attached hydrogens (primary N) is 2. The Labute approximate surface area is 240 Å². The Hall–Kier alpha value is -3.74. The molecule has 1 aliphatic carbocycles. The number of β-lactam (4-membered cyclic amide) rings is 1. The second-order valence-electron chi connectivity index (χ2n) is 8.94. The van der Waals surface area contributed by atoms with Gasteiger partial charge in [0, 0.05) is 28.6 Å². The van der Waals surface area contributed by atoms with Crippen LogP contribution < -0.4 is 16.8 Å². The molecule has 1 saturated heterocycles. The van der Waals surface area contributed by atoms with Gasteiger partial charge >= 0.3 is 5.97 Å². The fourth-order valence-corrected chi connectivity index (χ4v) is 6.83. The quantitative estimate of drug-likeness (QED) is 0.0857. The van der Waals surface area contributed by atoms with Crippen LogP contribution in [0.1, 0.15) is 30.8 Å². The Morgan fingerprint density at radius 3 is 2.90 bits per heavy atom. The first-order valence-corrected chi connectivity index (χ1v) is 14.5. The number of thiocarbonyl (C=S) groups is 1. The number of aromatic nitrogens is 5. The number of fused-ring (bicyclic) bond motifs is 1. The van der Waals surface area contributed by atoms with Crippen LogP contribution in [0.2, 0.25) is 0 Å². The van der Waals surface area contributed by atoms with E-state index in [2.05, 4.69) is 31.0 Å². The summed E-state index contributed by atoms with van der Waals surface area (Å²) in [5.74, 6) is -2.48. The third-order valence-corrected chi connectivity index (χ3v) is 8.82. The molecule has 2 aromatic heterocycles. The number of carbonyl (C=O) groups is 3. The molecule has 0 saturated carbocycles. The molecule has 5 rings (SSSR count). The summed E-state index contributed by atoms with van der Waals surface area (Å²) in [6.07, 6.45) is 5.57. The number of nitrogens with one attached hydrogen (secondary N) is 1. The van der Waals surface area contributed by atoms with Gasteiger partial charge in [-0.05, 0) is 42.3 Å². The summed E-state index contributed by atoms with van der Waals surface area (Å²) < 4.78 is 1.45. The van der Waals surface area contributed by atoms with Crippen molar-refractivity contribution in [1.82, 2.24) is 35.4 Å². The summed E-state index contributed by atoms with van der Waals surface area (Å²) in [5, 5.41) is 30.4. The number of allylic oxidation sites excluding steroid dienone is 1. The Morgan fingerprint density at radius 1 is 1.43 bits per heavy atom. The van der Waals surface area contributed by atoms with Crippen LogP contribution >= 0.6 is 35.3 Å². The SMILES string of the molecule is NCCCn1nnnc1C1=C(C(=O)O)N2C(=O)C(C=S)(NC(=O)C(=NOC3C=CCC3)c3csc(N)n3)[C@@H]2SC1. The Balaban J connectivity index is 1.44. The monoisotopic (exact) mass is 604 g/mol. The second-order valence-corrected chi connectivity index (χ2v) is 11.1. The van der Waals surface area contributed by atoms with Crippen molar-refractivity contribution >= 4 is 74.9 Å². The number of nitrogen functional groups attached to an aromatic ring is 1. The average Bonchev–Trinajstić information content (AvgIpc) is 3.72.